The number of non-ortho nitro benzene ring substituents is 1. The molecular weight excluding hydrogens is 578 g/mol. The molecule has 11 heteroatoms. The summed E-state index contributed by atoms with van der Waals surface area (Å²) >= 11 is 7.37. The van der Waals surface area contributed by atoms with Crippen molar-refractivity contribution in [2.75, 3.05) is 0 Å². The fraction of sp³-hybridized carbons (Fsp3) is 0.194. The monoisotopic (exact) mass is 603 g/mol. The van der Waals surface area contributed by atoms with E-state index in [1.165, 1.54) is 28.0 Å². The van der Waals surface area contributed by atoms with Crippen molar-refractivity contribution >= 4 is 40.7 Å². The first kappa shape index (κ1) is 29.0. The minimum Gasteiger partial charge on any atom is -0.489 e. The Kier molecular flexibility index (Phi) is 8.37. The highest BCUT2D eigenvalue weighted by atomic mass is 35.5. The zero-order chi connectivity index (χ0) is 30.0. The minimum atomic E-state index is -0.720. The number of esters is 1. The van der Waals surface area contributed by atoms with Gasteiger partial charge in [-0.3, -0.25) is 19.5 Å². The van der Waals surface area contributed by atoms with E-state index >= 15 is 0 Å². The quantitative estimate of drug-likeness (QED) is 0.153. The molecule has 3 aromatic carbocycles. The van der Waals surface area contributed by atoms with E-state index < -0.39 is 16.9 Å². The lowest BCUT2D eigenvalue weighted by Crippen LogP contribution is -2.40. The number of halogens is 1. The van der Waals surface area contributed by atoms with Gasteiger partial charge in [0.1, 0.15) is 12.4 Å². The van der Waals surface area contributed by atoms with Gasteiger partial charge in [-0.2, -0.15) is 0 Å². The molecule has 4 aromatic rings. The number of fused-ring (bicyclic) bond motifs is 1. The van der Waals surface area contributed by atoms with Crippen molar-refractivity contribution in [2.24, 2.45) is 4.99 Å². The van der Waals surface area contributed by atoms with Crippen LogP contribution in [0.1, 0.15) is 43.5 Å². The first-order chi connectivity index (χ1) is 20.1. The molecule has 0 aliphatic carbocycles. The molecule has 214 valence electrons. The summed E-state index contributed by atoms with van der Waals surface area (Å²) in [5, 5.41) is 11.4. The Labute approximate surface area is 249 Å². The van der Waals surface area contributed by atoms with Crippen molar-refractivity contribution in [3.8, 4) is 5.75 Å². The van der Waals surface area contributed by atoms with E-state index in [1.54, 1.807) is 75.4 Å². The molecule has 0 saturated carbocycles. The molecule has 5 rings (SSSR count). The van der Waals surface area contributed by atoms with Crippen LogP contribution in [0, 0.1) is 10.1 Å². The first-order valence-electron chi connectivity index (χ1n) is 13.1. The van der Waals surface area contributed by atoms with E-state index in [0.717, 1.165) is 11.1 Å². The molecule has 1 aliphatic heterocycles. The molecule has 0 N–H and O–H groups in total. The fourth-order valence-electron chi connectivity index (χ4n) is 4.51. The molecule has 0 bridgehead atoms. The van der Waals surface area contributed by atoms with Crippen LogP contribution in [-0.4, -0.2) is 21.6 Å². The Morgan fingerprint density at radius 1 is 1.10 bits per heavy atom. The lowest BCUT2D eigenvalue weighted by atomic mass is 9.96. The van der Waals surface area contributed by atoms with Crippen LogP contribution in [0.25, 0.3) is 6.08 Å². The van der Waals surface area contributed by atoms with E-state index in [0.29, 0.717) is 36.9 Å². The van der Waals surface area contributed by atoms with Gasteiger partial charge in [0.2, 0.25) is 0 Å². The van der Waals surface area contributed by atoms with Gasteiger partial charge in [0.05, 0.1) is 32.9 Å². The summed E-state index contributed by atoms with van der Waals surface area (Å²) in [6.07, 6.45) is 1.43. The van der Waals surface area contributed by atoms with Crippen LogP contribution >= 0.6 is 22.9 Å². The molecule has 0 radical (unpaired) electrons. The largest absolute Gasteiger partial charge is 0.489 e. The average molecular weight is 604 g/mol. The number of nitro groups is 1. The van der Waals surface area contributed by atoms with Crippen molar-refractivity contribution in [1.82, 2.24) is 4.57 Å². The lowest BCUT2D eigenvalue weighted by molar-refractivity contribution is -0.384. The van der Waals surface area contributed by atoms with E-state index in [9.17, 15) is 19.7 Å². The Bertz CT molecular complexity index is 1860. The number of thiazole rings is 1. The van der Waals surface area contributed by atoms with E-state index in [2.05, 4.69) is 4.99 Å². The second-order valence-electron chi connectivity index (χ2n) is 9.87. The van der Waals surface area contributed by atoms with Gasteiger partial charge < -0.3 is 9.47 Å². The molecule has 1 atom stereocenters. The topological polar surface area (TPSA) is 113 Å². The average Bonchev–Trinajstić information content (AvgIpc) is 3.26. The number of ether oxygens (including phenoxy) is 2. The Morgan fingerprint density at radius 2 is 1.76 bits per heavy atom. The Hall–Kier alpha value is -4.54. The molecule has 1 aromatic heterocycles. The van der Waals surface area contributed by atoms with Gasteiger partial charge >= 0.3 is 5.97 Å². The molecule has 0 fully saturated rings. The Balaban J connectivity index is 1.45. The second kappa shape index (κ2) is 12.1. The molecule has 42 heavy (non-hydrogen) atoms. The molecule has 9 nitrogen and oxygen atoms in total. The molecular formula is C31H26ClN3O6S. The lowest BCUT2D eigenvalue weighted by Gasteiger charge is -2.25. The van der Waals surface area contributed by atoms with Crippen LogP contribution < -0.4 is 19.6 Å². The zero-order valence-electron chi connectivity index (χ0n) is 22.9. The third kappa shape index (κ3) is 6.19. The molecule has 0 saturated heterocycles. The van der Waals surface area contributed by atoms with Gasteiger partial charge in [-0.1, -0.05) is 47.2 Å². The highest BCUT2D eigenvalue weighted by Crippen LogP contribution is 2.31. The predicted octanol–water partition coefficient (Wildman–Crippen LogP) is 5.33. The predicted molar refractivity (Wildman–Crippen MR) is 160 cm³/mol. The maximum Gasteiger partial charge on any atom is 0.338 e. The van der Waals surface area contributed by atoms with Gasteiger partial charge in [0.25, 0.3) is 11.2 Å². The number of nitro benzene ring substituents is 1. The number of nitrogens with zero attached hydrogens (tertiary/aromatic N) is 3. The zero-order valence-corrected chi connectivity index (χ0v) is 24.5. The van der Waals surface area contributed by atoms with E-state index in [-0.39, 0.29) is 24.0 Å². The number of benzene rings is 3. The molecule has 1 unspecified atom stereocenters. The highest BCUT2D eigenvalue weighted by Gasteiger charge is 2.33. The van der Waals surface area contributed by atoms with Gasteiger partial charge in [-0.25, -0.2) is 9.79 Å². The number of carbonyl (C=O) groups excluding carboxylic acids is 1. The molecule has 1 aliphatic rings. The van der Waals surface area contributed by atoms with Crippen molar-refractivity contribution in [1.29, 1.82) is 0 Å². The smallest absolute Gasteiger partial charge is 0.338 e. The molecule has 0 amide bonds. The van der Waals surface area contributed by atoms with Crippen molar-refractivity contribution in [3.63, 3.8) is 0 Å². The number of hydrogen-bond donors (Lipinski definition) is 0. The van der Waals surface area contributed by atoms with Crippen LogP contribution in [0.3, 0.4) is 0 Å². The standard InChI is InChI=1S/C31H26ClN3O6S/c1-18(2)41-30(37)27-19(3)33-31-34(28(27)22-8-10-23(32)11-9-22)29(36)26(42-31)16-20-6-14-25(15-7-20)40-17-21-4-12-24(13-5-21)35(38)39/h4-16,18,28H,17H2,1-3H3/b26-16-. The number of rotatable bonds is 8. The van der Waals surface area contributed by atoms with Crippen molar-refractivity contribution < 1.29 is 19.2 Å². The van der Waals surface area contributed by atoms with Crippen molar-refractivity contribution in [3.05, 3.63) is 136 Å². The van der Waals surface area contributed by atoms with Gasteiger partial charge in [-0.15, -0.1) is 0 Å². The number of allylic oxidation sites excluding steroid dienone is 1. The van der Waals surface area contributed by atoms with Crippen LogP contribution in [-0.2, 0) is 16.1 Å². The third-order valence-corrected chi connectivity index (χ3v) is 7.74. The minimum absolute atomic E-state index is 0.0229. The third-order valence-electron chi connectivity index (χ3n) is 6.50. The number of carbonyl (C=O) groups is 1. The summed E-state index contributed by atoms with van der Waals surface area (Å²) in [6.45, 7) is 5.53. The van der Waals surface area contributed by atoms with E-state index in [4.69, 9.17) is 21.1 Å². The highest BCUT2D eigenvalue weighted by molar-refractivity contribution is 7.07. The van der Waals surface area contributed by atoms with Crippen molar-refractivity contribution in [2.45, 2.75) is 39.5 Å². The van der Waals surface area contributed by atoms with Crippen LogP contribution in [0.5, 0.6) is 5.75 Å². The number of hydrogen-bond acceptors (Lipinski definition) is 8. The van der Waals surface area contributed by atoms with Gasteiger partial charge in [0, 0.05) is 17.2 Å². The summed E-state index contributed by atoms with van der Waals surface area (Å²) in [5.74, 6) is 0.0865. The summed E-state index contributed by atoms with van der Waals surface area (Å²) in [6, 6.07) is 19.7. The van der Waals surface area contributed by atoms with Gasteiger partial charge in [0.15, 0.2) is 4.80 Å². The van der Waals surface area contributed by atoms with Gasteiger partial charge in [-0.05, 0) is 79.9 Å². The van der Waals surface area contributed by atoms with E-state index in [1.807, 2.05) is 12.1 Å². The summed E-state index contributed by atoms with van der Waals surface area (Å²) in [4.78, 5) is 42.4. The summed E-state index contributed by atoms with van der Waals surface area (Å²) in [7, 11) is 0. The summed E-state index contributed by atoms with van der Waals surface area (Å²) < 4.78 is 13.3. The maximum absolute atomic E-state index is 13.8. The fourth-order valence-corrected chi connectivity index (χ4v) is 5.69. The normalized spacial score (nSPS) is 14.9. The summed E-state index contributed by atoms with van der Waals surface area (Å²) in [5.41, 5.74) is 2.83. The SMILES string of the molecule is CC1=C(C(=O)OC(C)C)C(c2ccc(Cl)cc2)n2c(s/c(=C\c3ccc(OCc4ccc([N+](=O)[O-])cc4)cc3)c2=O)=N1. The van der Waals surface area contributed by atoms with Crippen LogP contribution in [0.2, 0.25) is 5.02 Å². The Morgan fingerprint density at radius 3 is 2.38 bits per heavy atom. The molecule has 2 heterocycles. The number of aromatic nitrogens is 1. The second-order valence-corrected chi connectivity index (χ2v) is 11.3. The first-order valence-corrected chi connectivity index (χ1v) is 14.3. The molecule has 0 spiro atoms. The maximum atomic E-state index is 13.8. The van der Waals surface area contributed by atoms with Crippen LogP contribution in [0.4, 0.5) is 5.69 Å². The van der Waals surface area contributed by atoms with Crippen LogP contribution in [0.15, 0.2) is 93.9 Å².